The SMILES string of the molecule is CCCn1c(O)c(C=Nc2ccc(C)cc2)sc1=O. The molecule has 0 unspecified atom stereocenters. The van der Waals surface area contributed by atoms with Gasteiger partial charge in [-0.1, -0.05) is 36.0 Å². The first kappa shape index (κ1) is 13.5. The van der Waals surface area contributed by atoms with Crippen LogP contribution in [-0.4, -0.2) is 15.9 Å². The first-order valence-electron chi connectivity index (χ1n) is 6.15. The molecule has 0 fully saturated rings. The second kappa shape index (κ2) is 5.84. The lowest BCUT2D eigenvalue weighted by molar-refractivity contribution is 0.411. The smallest absolute Gasteiger partial charge is 0.310 e. The zero-order valence-electron chi connectivity index (χ0n) is 11.0. The lowest BCUT2D eigenvalue weighted by Gasteiger charge is -1.99. The summed E-state index contributed by atoms with van der Waals surface area (Å²) >= 11 is 1.01. The molecule has 0 spiro atoms. The molecule has 5 heteroatoms. The Morgan fingerprint density at radius 3 is 2.68 bits per heavy atom. The van der Waals surface area contributed by atoms with Crippen LogP contribution in [0.25, 0.3) is 0 Å². The van der Waals surface area contributed by atoms with E-state index in [0.29, 0.717) is 11.4 Å². The Hall–Kier alpha value is -1.88. The molecule has 0 amide bonds. The van der Waals surface area contributed by atoms with E-state index in [4.69, 9.17) is 0 Å². The van der Waals surface area contributed by atoms with Crippen molar-refractivity contribution in [1.29, 1.82) is 0 Å². The van der Waals surface area contributed by atoms with Gasteiger partial charge in [-0.25, -0.2) is 0 Å². The molecule has 0 aliphatic carbocycles. The first-order chi connectivity index (χ1) is 9.11. The highest BCUT2D eigenvalue weighted by atomic mass is 32.1. The number of aliphatic imine (C=N–C) groups is 1. The van der Waals surface area contributed by atoms with E-state index in [2.05, 4.69) is 4.99 Å². The second-order valence-corrected chi connectivity index (χ2v) is 5.29. The van der Waals surface area contributed by atoms with Gasteiger partial charge in [0.2, 0.25) is 5.88 Å². The van der Waals surface area contributed by atoms with E-state index in [1.54, 1.807) is 0 Å². The van der Waals surface area contributed by atoms with Crippen LogP contribution in [-0.2, 0) is 6.54 Å². The van der Waals surface area contributed by atoms with Crippen LogP contribution in [0.3, 0.4) is 0 Å². The number of aromatic hydroxyl groups is 1. The van der Waals surface area contributed by atoms with Crippen LogP contribution in [0.2, 0.25) is 0 Å². The summed E-state index contributed by atoms with van der Waals surface area (Å²) in [5.74, 6) is 0.00714. The fourth-order valence-corrected chi connectivity index (χ4v) is 2.47. The molecule has 0 radical (unpaired) electrons. The fraction of sp³-hybridized carbons (Fsp3) is 0.286. The summed E-state index contributed by atoms with van der Waals surface area (Å²) in [6, 6.07) is 7.73. The molecule has 0 aliphatic rings. The average Bonchev–Trinajstić information content (AvgIpc) is 2.66. The van der Waals surface area contributed by atoms with Gasteiger partial charge in [0, 0.05) is 6.54 Å². The van der Waals surface area contributed by atoms with Gasteiger partial charge in [0.1, 0.15) is 4.88 Å². The number of thiazole rings is 1. The molecule has 0 atom stereocenters. The Morgan fingerprint density at radius 2 is 2.05 bits per heavy atom. The van der Waals surface area contributed by atoms with Crippen molar-refractivity contribution in [2.75, 3.05) is 0 Å². The number of rotatable bonds is 4. The molecule has 0 saturated heterocycles. The number of hydrogen-bond donors (Lipinski definition) is 1. The van der Waals surface area contributed by atoms with Gasteiger partial charge in [-0.15, -0.1) is 0 Å². The summed E-state index contributed by atoms with van der Waals surface area (Å²) in [7, 11) is 0. The van der Waals surface area contributed by atoms with Gasteiger partial charge < -0.3 is 5.11 Å². The zero-order valence-corrected chi connectivity index (χ0v) is 11.8. The van der Waals surface area contributed by atoms with Crippen LogP contribution in [0.1, 0.15) is 23.8 Å². The van der Waals surface area contributed by atoms with Crippen LogP contribution in [0.15, 0.2) is 34.1 Å². The fourth-order valence-electron chi connectivity index (χ4n) is 1.68. The molecular weight excluding hydrogens is 260 g/mol. The van der Waals surface area contributed by atoms with Crippen LogP contribution in [0.5, 0.6) is 5.88 Å². The highest BCUT2D eigenvalue weighted by molar-refractivity contribution is 7.11. The molecule has 0 aliphatic heterocycles. The molecule has 1 N–H and O–H groups in total. The number of benzene rings is 1. The Labute approximate surface area is 115 Å². The third-order valence-electron chi connectivity index (χ3n) is 2.71. The minimum Gasteiger partial charge on any atom is -0.493 e. The van der Waals surface area contributed by atoms with Crippen LogP contribution in [0.4, 0.5) is 5.69 Å². The topological polar surface area (TPSA) is 54.6 Å². The van der Waals surface area contributed by atoms with Gasteiger partial charge in [-0.3, -0.25) is 14.4 Å². The Bertz CT molecular complexity index is 638. The predicted molar refractivity (Wildman–Crippen MR) is 79.0 cm³/mol. The maximum atomic E-state index is 11.7. The van der Waals surface area contributed by atoms with Crippen molar-refractivity contribution in [2.45, 2.75) is 26.8 Å². The molecule has 1 heterocycles. The number of hydrogen-bond acceptors (Lipinski definition) is 4. The van der Waals surface area contributed by atoms with Crippen LogP contribution < -0.4 is 4.87 Å². The van der Waals surface area contributed by atoms with Gasteiger partial charge in [0.25, 0.3) is 0 Å². The summed E-state index contributed by atoms with van der Waals surface area (Å²) in [5, 5.41) is 9.95. The van der Waals surface area contributed by atoms with Gasteiger partial charge in [-0.05, 0) is 25.5 Å². The van der Waals surface area contributed by atoms with E-state index < -0.39 is 0 Å². The van der Waals surface area contributed by atoms with E-state index in [1.807, 2.05) is 38.1 Å². The van der Waals surface area contributed by atoms with Crippen molar-refractivity contribution in [3.8, 4) is 5.88 Å². The Balaban J connectivity index is 2.26. The highest BCUT2D eigenvalue weighted by Gasteiger charge is 2.11. The summed E-state index contributed by atoms with van der Waals surface area (Å²) in [6.07, 6.45) is 2.34. The quantitative estimate of drug-likeness (QED) is 0.872. The van der Waals surface area contributed by atoms with E-state index >= 15 is 0 Å². The molecule has 0 saturated carbocycles. The molecule has 19 heavy (non-hydrogen) atoms. The maximum Gasteiger partial charge on any atom is 0.310 e. The summed E-state index contributed by atoms with van der Waals surface area (Å²) in [4.78, 5) is 16.3. The predicted octanol–water partition coefficient (Wildman–Crippen LogP) is 3.08. The molecule has 1 aromatic heterocycles. The minimum absolute atomic E-state index is 0.00714. The van der Waals surface area contributed by atoms with E-state index in [0.717, 1.165) is 23.4 Å². The van der Waals surface area contributed by atoms with Gasteiger partial charge >= 0.3 is 4.87 Å². The van der Waals surface area contributed by atoms with Crippen molar-refractivity contribution < 1.29 is 5.11 Å². The lowest BCUT2D eigenvalue weighted by Crippen LogP contribution is -2.11. The van der Waals surface area contributed by atoms with Gasteiger partial charge in [0.15, 0.2) is 0 Å². The largest absolute Gasteiger partial charge is 0.493 e. The number of nitrogens with zero attached hydrogens (tertiary/aromatic N) is 2. The Kier molecular flexibility index (Phi) is 4.16. The minimum atomic E-state index is -0.148. The normalized spacial score (nSPS) is 11.3. The van der Waals surface area contributed by atoms with Crippen molar-refractivity contribution in [1.82, 2.24) is 4.57 Å². The lowest BCUT2D eigenvalue weighted by atomic mass is 10.2. The molecule has 4 nitrogen and oxygen atoms in total. The number of aryl methyl sites for hydroxylation is 1. The van der Waals surface area contributed by atoms with E-state index in [-0.39, 0.29) is 10.8 Å². The van der Waals surface area contributed by atoms with Crippen LogP contribution >= 0.6 is 11.3 Å². The monoisotopic (exact) mass is 276 g/mol. The maximum absolute atomic E-state index is 11.7. The molecule has 0 bridgehead atoms. The summed E-state index contributed by atoms with van der Waals surface area (Å²) in [5.41, 5.74) is 1.97. The van der Waals surface area contributed by atoms with Crippen molar-refractivity contribution in [2.24, 2.45) is 4.99 Å². The molecule has 100 valence electrons. The molecular formula is C14H16N2O2S. The molecule has 1 aromatic carbocycles. The third kappa shape index (κ3) is 3.12. The van der Waals surface area contributed by atoms with Crippen molar-refractivity contribution in [3.63, 3.8) is 0 Å². The first-order valence-corrected chi connectivity index (χ1v) is 6.96. The van der Waals surface area contributed by atoms with Gasteiger partial charge in [0.05, 0.1) is 11.9 Å². The van der Waals surface area contributed by atoms with Crippen molar-refractivity contribution in [3.05, 3.63) is 44.4 Å². The number of aromatic nitrogens is 1. The summed E-state index contributed by atoms with van der Waals surface area (Å²) < 4.78 is 1.38. The summed E-state index contributed by atoms with van der Waals surface area (Å²) in [6.45, 7) is 4.50. The Morgan fingerprint density at radius 1 is 1.37 bits per heavy atom. The zero-order chi connectivity index (χ0) is 13.8. The highest BCUT2D eigenvalue weighted by Crippen LogP contribution is 2.20. The second-order valence-electron chi connectivity index (χ2n) is 4.30. The van der Waals surface area contributed by atoms with E-state index in [9.17, 15) is 9.90 Å². The molecule has 2 aromatic rings. The van der Waals surface area contributed by atoms with Crippen molar-refractivity contribution >= 4 is 23.2 Å². The standard InChI is InChI=1S/C14H16N2O2S/c1-3-8-16-13(17)12(19-14(16)18)9-15-11-6-4-10(2)5-7-11/h4-7,9,17H,3,8H2,1-2H3. The average molecular weight is 276 g/mol. The van der Waals surface area contributed by atoms with Gasteiger partial charge in [-0.2, -0.15) is 0 Å². The van der Waals surface area contributed by atoms with E-state index in [1.165, 1.54) is 16.3 Å². The third-order valence-corrected chi connectivity index (χ3v) is 3.61. The molecule has 2 rings (SSSR count). The van der Waals surface area contributed by atoms with Crippen LogP contribution in [0, 0.1) is 6.92 Å².